The Kier molecular flexibility index (Phi) is 4.27. The van der Waals surface area contributed by atoms with Gasteiger partial charge in [0, 0.05) is 11.5 Å². The Morgan fingerprint density at radius 3 is 2.57 bits per heavy atom. The Hall–Kier alpha value is -1.69. The molecule has 126 valence electrons. The molecule has 0 amide bonds. The highest BCUT2D eigenvalue weighted by molar-refractivity contribution is 5.74. The van der Waals surface area contributed by atoms with Crippen molar-refractivity contribution in [3.63, 3.8) is 0 Å². The van der Waals surface area contributed by atoms with Crippen LogP contribution in [0, 0.1) is 17.6 Å². The lowest BCUT2D eigenvalue weighted by Gasteiger charge is -2.30. The smallest absolute Gasteiger partial charge is 0.333 e. The van der Waals surface area contributed by atoms with Crippen LogP contribution in [0.2, 0.25) is 0 Å². The lowest BCUT2D eigenvalue weighted by Crippen LogP contribution is -2.29. The van der Waals surface area contributed by atoms with Crippen LogP contribution in [0.4, 0.5) is 8.78 Å². The molecule has 0 aromatic heterocycles. The fourth-order valence-electron chi connectivity index (χ4n) is 3.25. The summed E-state index contributed by atoms with van der Waals surface area (Å²) in [6.45, 7) is 3.64. The molecule has 0 unspecified atom stereocenters. The minimum atomic E-state index is -1.11. The Bertz CT molecular complexity index is 615. The number of carboxylic acid groups (broad SMARTS) is 1. The van der Waals surface area contributed by atoms with Crippen LogP contribution in [-0.2, 0) is 9.53 Å². The summed E-state index contributed by atoms with van der Waals surface area (Å²) in [7, 11) is 0. The molecule has 0 bridgehead atoms. The molecule has 0 radical (unpaired) electrons. The van der Waals surface area contributed by atoms with E-state index in [1.165, 1.54) is 6.07 Å². The third kappa shape index (κ3) is 2.80. The largest absolute Gasteiger partial charge is 0.487 e. The van der Waals surface area contributed by atoms with E-state index in [1.807, 2.05) is 6.92 Å². The van der Waals surface area contributed by atoms with Crippen molar-refractivity contribution in [1.82, 2.24) is 0 Å². The lowest BCUT2D eigenvalue weighted by molar-refractivity contribution is -0.149. The molecule has 2 aliphatic rings. The normalized spacial score (nSPS) is 31.0. The maximum Gasteiger partial charge on any atom is 0.333 e. The van der Waals surface area contributed by atoms with Crippen LogP contribution in [0.1, 0.15) is 44.6 Å². The van der Waals surface area contributed by atoms with Crippen molar-refractivity contribution < 1.29 is 28.2 Å². The zero-order valence-electron chi connectivity index (χ0n) is 13.1. The first kappa shape index (κ1) is 16.2. The molecule has 1 aromatic rings. The van der Waals surface area contributed by atoms with Crippen molar-refractivity contribution in [3.05, 3.63) is 29.3 Å². The van der Waals surface area contributed by atoms with Gasteiger partial charge in [-0.25, -0.2) is 9.18 Å². The molecule has 0 spiro atoms. The molecule has 1 saturated heterocycles. The van der Waals surface area contributed by atoms with E-state index < -0.39 is 29.6 Å². The van der Waals surface area contributed by atoms with E-state index in [4.69, 9.17) is 9.47 Å². The van der Waals surface area contributed by atoms with Gasteiger partial charge in [-0.15, -0.1) is 0 Å². The summed E-state index contributed by atoms with van der Waals surface area (Å²) in [6, 6.07) is 2.44. The molecule has 3 rings (SSSR count). The number of aliphatic carboxylic acids is 1. The topological polar surface area (TPSA) is 55.8 Å². The number of benzene rings is 1. The van der Waals surface area contributed by atoms with Gasteiger partial charge in [0.2, 0.25) is 5.82 Å². The van der Waals surface area contributed by atoms with Gasteiger partial charge in [-0.2, -0.15) is 4.39 Å². The number of hydrogen-bond donors (Lipinski definition) is 1. The van der Waals surface area contributed by atoms with Gasteiger partial charge >= 0.3 is 5.97 Å². The molecule has 4 nitrogen and oxygen atoms in total. The first-order chi connectivity index (χ1) is 10.9. The van der Waals surface area contributed by atoms with Gasteiger partial charge in [-0.05, 0) is 38.2 Å². The molecule has 1 aromatic carbocycles. The van der Waals surface area contributed by atoms with E-state index in [1.54, 1.807) is 6.92 Å². The molecule has 1 aliphatic carbocycles. The zero-order chi connectivity index (χ0) is 16.7. The Balaban J connectivity index is 2.03. The first-order valence-corrected chi connectivity index (χ1v) is 7.93. The molecule has 1 N–H and O–H groups in total. The molecule has 23 heavy (non-hydrogen) atoms. The van der Waals surface area contributed by atoms with Crippen molar-refractivity contribution in [2.24, 2.45) is 5.92 Å². The van der Waals surface area contributed by atoms with E-state index in [0.717, 1.165) is 25.3 Å². The molecule has 6 heteroatoms. The second-order valence-corrected chi connectivity index (χ2v) is 6.44. The maximum atomic E-state index is 14.3. The van der Waals surface area contributed by atoms with E-state index in [9.17, 15) is 18.7 Å². The summed E-state index contributed by atoms with van der Waals surface area (Å²) in [4.78, 5) is 11.5. The number of rotatable bonds is 4. The molecule has 2 fully saturated rings. The lowest BCUT2D eigenvalue weighted by atomic mass is 9.82. The molecule has 1 heterocycles. The highest BCUT2D eigenvalue weighted by Gasteiger charge is 2.46. The average molecular weight is 326 g/mol. The fraction of sp³-hybridized carbons (Fsp3) is 0.588. The Morgan fingerprint density at radius 2 is 2.00 bits per heavy atom. The van der Waals surface area contributed by atoms with Gasteiger partial charge in [-0.3, -0.25) is 0 Å². The van der Waals surface area contributed by atoms with E-state index in [2.05, 4.69) is 0 Å². The minimum absolute atomic E-state index is 0.136. The van der Waals surface area contributed by atoms with E-state index in [-0.39, 0.29) is 23.9 Å². The quantitative estimate of drug-likeness (QED) is 0.920. The van der Waals surface area contributed by atoms with Crippen LogP contribution in [0.15, 0.2) is 12.1 Å². The van der Waals surface area contributed by atoms with Crippen LogP contribution in [-0.4, -0.2) is 29.4 Å². The van der Waals surface area contributed by atoms with E-state index >= 15 is 0 Å². The molecular weight excluding hydrogens is 306 g/mol. The number of ether oxygens (including phenoxy) is 2. The highest BCUT2D eigenvalue weighted by atomic mass is 19.2. The van der Waals surface area contributed by atoms with Crippen molar-refractivity contribution >= 4 is 5.97 Å². The van der Waals surface area contributed by atoms with Crippen LogP contribution >= 0.6 is 0 Å². The monoisotopic (exact) mass is 326 g/mol. The molecule has 1 aliphatic heterocycles. The van der Waals surface area contributed by atoms with Crippen molar-refractivity contribution in [3.8, 4) is 5.75 Å². The number of carbonyl (C=O) groups is 1. The summed E-state index contributed by atoms with van der Waals surface area (Å²) in [6.07, 6.45) is 1.08. The van der Waals surface area contributed by atoms with Gasteiger partial charge in [0.1, 0.15) is 0 Å². The summed E-state index contributed by atoms with van der Waals surface area (Å²) in [5.41, 5.74) is 0.375. The predicted octanol–water partition coefficient (Wildman–Crippen LogP) is 3.49. The van der Waals surface area contributed by atoms with Gasteiger partial charge in [0.25, 0.3) is 0 Å². The second kappa shape index (κ2) is 6.07. The van der Waals surface area contributed by atoms with Gasteiger partial charge in [0.05, 0.1) is 12.2 Å². The van der Waals surface area contributed by atoms with Crippen LogP contribution in [0.3, 0.4) is 0 Å². The van der Waals surface area contributed by atoms with Crippen molar-refractivity contribution in [2.75, 3.05) is 0 Å². The summed E-state index contributed by atoms with van der Waals surface area (Å²) < 4.78 is 39.1. The molecular formula is C17H20F2O4. The predicted molar refractivity (Wildman–Crippen MR) is 78.5 cm³/mol. The third-order valence-corrected chi connectivity index (χ3v) is 5.01. The SMILES string of the molecule is C[C@H]1[C@@H](c2ccc(F)c(F)c2OC2CCC2)[C@H](C(=O)O)O[C@@H]1C. The average Bonchev–Trinajstić information content (AvgIpc) is 2.75. The van der Waals surface area contributed by atoms with Gasteiger partial charge in [-0.1, -0.05) is 13.0 Å². The fourth-order valence-corrected chi connectivity index (χ4v) is 3.25. The summed E-state index contributed by atoms with van der Waals surface area (Å²) in [5, 5.41) is 9.40. The second-order valence-electron chi connectivity index (χ2n) is 6.44. The van der Waals surface area contributed by atoms with E-state index in [0.29, 0.717) is 5.56 Å². The Morgan fingerprint density at radius 1 is 1.30 bits per heavy atom. The number of hydrogen-bond acceptors (Lipinski definition) is 3. The summed E-state index contributed by atoms with van der Waals surface area (Å²) in [5.74, 6) is -4.03. The van der Waals surface area contributed by atoms with Crippen LogP contribution < -0.4 is 4.74 Å². The van der Waals surface area contributed by atoms with Crippen molar-refractivity contribution in [2.45, 2.75) is 57.3 Å². The molecule has 1 saturated carbocycles. The number of carboxylic acids is 1. The maximum absolute atomic E-state index is 14.3. The van der Waals surface area contributed by atoms with Crippen molar-refractivity contribution in [1.29, 1.82) is 0 Å². The van der Waals surface area contributed by atoms with Crippen LogP contribution in [0.25, 0.3) is 0 Å². The Labute approximate surface area is 133 Å². The van der Waals surface area contributed by atoms with Gasteiger partial charge in [0.15, 0.2) is 17.7 Å². The standard InChI is InChI=1S/C17H20F2O4/c1-8-9(2)22-16(17(20)21)13(8)11-6-7-12(18)14(19)15(11)23-10-4-3-5-10/h6-10,13,16H,3-5H2,1-2H3,(H,20,21)/t8-,9-,13+,16-/m1/s1. The molecule has 4 atom stereocenters. The number of halogens is 2. The summed E-state index contributed by atoms with van der Waals surface area (Å²) >= 11 is 0. The van der Waals surface area contributed by atoms with Crippen LogP contribution in [0.5, 0.6) is 5.75 Å². The first-order valence-electron chi connectivity index (χ1n) is 7.93. The third-order valence-electron chi connectivity index (χ3n) is 5.01. The van der Waals surface area contributed by atoms with Gasteiger partial charge < -0.3 is 14.6 Å². The minimum Gasteiger partial charge on any atom is -0.487 e. The zero-order valence-corrected chi connectivity index (χ0v) is 13.1. The highest BCUT2D eigenvalue weighted by Crippen LogP contribution is 2.45.